The number of methoxy groups -OCH3 is 2. The molecule has 3 heteroatoms. The molecule has 0 aliphatic heterocycles. The Balaban J connectivity index is 2.88. The van der Waals surface area contributed by atoms with E-state index < -0.39 is 0 Å². The van der Waals surface area contributed by atoms with E-state index in [1.165, 1.54) is 76.3 Å². The lowest BCUT2D eigenvalue weighted by Gasteiger charge is -2.27. The molecule has 0 bridgehead atoms. The summed E-state index contributed by atoms with van der Waals surface area (Å²) in [5.41, 5.74) is 1.18. The van der Waals surface area contributed by atoms with Crippen molar-refractivity contribution in [3.8, 4) is 0 Å². The summed E-state index contributed by atoms with van der Waals surface area (Å²) in [7, 11) is 3.47. The van der Waals surface area contributed by atoms with Crippen LogP contribution in [0.3, 0.4) is 0 Å². The van der Waals surface area contributed by atoms with Gasteiger partial charge in [-0.15, -0.1) is 0 Å². The molecule has 1 fully saturated rings. The molecule has 0 heterocycles. The monoisotopic (exact) mass is 311 g/mol. The van der Waals surface area contributed by atoms with Gasteiger partial charge in [0.25, 0.3) is 0 Å². The third kappa shape index (κ3) is 6.78. The van der Waals surface area contributed by atoms with Crippen molar-refractivity contribution in [3.05, 3.63) is 0 Å². The topological polar surface area (TPSA) is 30.8 Å². The largest absolute Gasteiger partial charge is 0.351 e. The summed E-state index contributed by atoms with van der Waals surface area (Å²) in [6, 6.07) is 0.488. The molecule has 130 valence electrons. The van der Waals surface area contributed by atoms with Crippen LogP contribution in [0.15, 0.2) is 4.99 Å². The predicted molar refractivity (Wildman–Crippen MR) is 94.7 cm³/mol. The van der Waals surface area contributed by atoms with Crippen molar-refractivity contribution in [2.75, 3.05) is 14.2 Å². The Kier molecular flexibility index (Phi) is 10.8. The van der Waals surface area contributed by atoms with Gasteiger partial charge in [-0.2, -0.15) is 0 Å². The van der Waals surface area contributed by atoms with Gasteiger partial charge in [0.2, 0.25) is 0 Å². The molecule has 0 saturated heterocycles. The maximum atomic E-state index is 5.59. The van der Waals surface area contributed by atoms with Gasteiger partial charge >= 0.3 is 0 Å². The lowest BCUT2D eigenvalue weighted by Crippen LogP contribution is -2.33. The molecule has 0 atom stereocenters. The van der Waals surface area contributed by atoms with Crippen molar-refractivity contribution < 1.29 is 9.47 Å². The van der Waals surface area contributed by atoms with Crippen molar-refractivity contribution in [2.24, 2.45) is 10.9 Å². The Morgan fingerprint density at radius 1 is 0.955 bits per heavy atom. The van der Waals surface area contributed by atoms with Crippen LogP contribution in [0.2, 0.25) is 0 Å². The normalized spacial score (nSPS) is 17.6. The molecule has 0 radical (unpaired) electrons. The number of ether oxygens (including phenoxy) is 2. The van der Waals surface area contributed by atoms with E-state index in [0.29, 0.717) is 12.0 Å². The number of aliphatic imine (C=N–C) groups is 1. The van der Waals surface area contributed by atoms with Crippen molar-refractivity contribution in [1.29, 1.82) is 0 Å². The number of nitrogens with zero attached hydrogens (tertiary/aromatic N) is 1. The van der Waals surface area contributed by atoms with Crippen LogP contribution in [0.25, 0.3) is 0 Å². The zero-order valence-electron chi connectivity index (χ0n) is 15.3. The van der Waals surface area contributed by atoms with Crippen LogP contribution >= 0.6 is 0 Å². The summed E-state index contributed by atoms with van der Waals surface area (Å²) in [6.07, 6.45) is 13.6. The molecular formula is C19H37NO2. The first kappa shape index (κ1) is 19.6. The molecule has 1 aliphatic carbocycles. The number of rotatable bonds is 11. The van der Waals surface area contributed by atoms with Crippen LogP contribution in [0.1, 0.15) is 84.5 Å². The fraction of sp³-hybridized carbons (Fsp3) is 0.947. The van der Waals surface area contributed by atoms with E-state index in [4.69, 9.17) is 14.5 Å². The molecule has 1 rings (SSSR count). The molecule has 0 aromatic carbocycles. The Bertz CT molecular complexity index is 286. The third-order valence-electron chi connectivity index (χ3n) is 4.81. The van der Waals surface area contributed by atoms with Gasteiger partial charge in [0.15, 0.2) is 6.29 Å². The van der Waals surface area contributed by atoms with Crippen molar-refractivity contribution in [1.82, 2.24) is 0 Å². The highest BCUT2D eigenvalue weighted by molar-refractivity contribution is 5.90. The SMILES string of the molecule is CCCCC(CCCC)C(=NC1CCCCC1)C(OC)OC. The lowest BCUT2D eigenvalue weighted by molar-refractivity contribution is -0.0556. The van der Waals surface area contributed by atoms with E-state index in [2.05, 4.69) is 13.8 Å². The molecule has 3 nitrogen and oxygen atoms in total. The Labute approximate surface area is 137 Å². The fourth-order valence-electron chi connectivity index (χ4n) is 3.46. The average Bonchev–Trinajstić information content (AvgIpc) is 2.56. The minimum Gasteiger partial charge on any atom is -0.351 e. The van der Waals surface area contributed by atoms with Gasteiger partial charge in [0.1, 0.15) is 0 Å². The molecule has 0 amide bonds. The number of unbranched alkanes of at least 4 members (excludes halogenated alkanes) is 2. The van der Waals surface area contributed by atoms with Crippen LogP contribution in [0, 0.1) is 5.92 Å². The summed E-state index contributed by atoms with van der Waals surface area (Å²) < 4.78 is 11.2. The smallest absolute Gasteiger partial charge is 0.196 e. The molecule has 0 aromatic heterocycles. The second-order valence-corrected chi connectivity index (χ2v) is 6.63. The van der Waals surface area contributed by atoms with E-state index in [9.17, 15) is 0 Å². The van der Waals surface area contributed by atoms with Crippen molar-refractivity contribution >= 4 is 5.71 Å². The van der Waals surface area contributed by atoms with Gasteiger partial charge in [-0.05, 0) is 25.7 Å². The van der Waals surface area contributed by atoms with Gasteiger partial charge in [0, 0.05) is 20.1 Å². The van der Waals surface area contributed by atoms with Crippen molar-refractivity contribution in [2.45, 2.75) is 96.8 Å². The number of hydrogen-bond donors (Lipinski definition) is 0. The molecule has 1 aliphatic rings. The second kappa shape index (κ2) is 12.1. The van der Waals surface area contributed by atoms with Crippen LogP contribution in [0.5, 0.6) is 0 Å². The second-order valence-electron chi connectivity index (χ2n) is 6.63. The Hall–Kier alpha value is -0.410. The third-order valence-corrected chi connectivity index (χ3v) is 4.81. The van der Waals surface area contributed by atoms with E-state index in [1.807, 2.05) is 0 Å². The zero-order chi connectivity index (χ0) is 16.2. The van der Waals surface area contributed by atoms with E-state index in [-0.39, 0.29) is 6.29 Å². The summed E-state index contributed by atoms with van der Waals surface area (Å²) in [6.45, 7) is 4.53. The molecule has 1 saturated carbocycles. The van der Waals surface area contributed by atoms with Crippen molar-refractivity contribution in [3.63, 3.8) is 0 Å². The predicted octanol–water partition coefficient (Wildman–Crippen LogP) is 5.38. The van der Waals surface area contributed by atoms with E-state index in [1.54, 1.807) is 14.2 Å². The quantitative estimate of drug-likeness (QED) is 0.379. The Morgan fingerprint density at radius 3 is 1.95 bits per heavy atom. The molecule has 22 heavy (non-hydrogen) atoms. The lowest BCUT2D eigenvalue weighted by atomic mass is 9.89. The maximum absolute atomic E-state index is 5.59. The molecule has 0 aromatic rings. The minimum absolute atomic E-state index is 0.263. The van der Waals surface area contributed by atoms with Gasteiger partial charge in [0.05, 0.1) is 11.8 Å². The highest BCUT2D eigenvalue weighted by Gasteiger charge is 2.26. The zero-order valence-corrected chi connectivity index (χ0v) is 15.3. The van der Waals surface area contributed by atoms with Crippen LogP contribution in [-0.4, -0.2) is 32.3 Å². The standard InChI is InChI=1S/C19H37NO2/c1-5-7-12-16(13-8-6-2)18(19(21-3)22-4)20-17-14-10-9-11-15-17/h16-17,19H,5-15H2,1-4H3. The van der Waals surface area contributed by atoms with Gasteiger partial charge in [-0.3, -0.25) is 4.99 Å². The summed E-state index contributed by atoms with van der Waals surface area (Å²) in [4.78, 5) is 5.15. The first-order valence-corrected chi connectivity index (χ1v) is 9.39. The first-order chi connectivity index (χ1) is 10.8. The summed E-state index contributed by atoms with van der Waals surface area (Å²) in [5, 5.41) is 0. The average molecular weight is 312 g/mol. The van der Waals surface area contributed by atoms with Gasteiger partial charge in [-0.25, -0.2) is 0 Å². The maximum Gasteiger partial charge on any atom is 0.196 e. The Morgan fingerprint density at radius 2 is 1.50 bits per heavy atom. The summed E-state index contributed by atoms with van der Waals surface area (Å²) >= 11 is 0. The highest BCUT2D eigenvalue weighted by atomic mass is 16.7. The molecule has 0 spiro atoms. The number of hydrogen-bond acceptors (Lipinski definition) is 3. The molecule has 0 N–H and O–H groups in total. The first-order valence-electron chi connectivity index (χ1n) is 9.39. The minimum atomic E-state index is -0.263. The summed E-state index contributed by atoms with van der Waals surface area (Å²) in [5.74, 6) is 0.520. The molecule has 0 unspecified atom stereocenters. The highest BCUT2D eigenvalue weighted by Crippen LogP contribution is 2.26. The van der Waals surface area contributed by atoms with E-state index in [0.717, 1.165) is 0 Å². The molecular weight excluding hydrogens is 274 g/mol. The fourth-order valence-corrected chi connectivity index (χ4v) is 3.46. The van der Waals surface area contributed by atoms with Gasteiger partial charge < -0.3 is 9.47 Å². The van der Waals surface area contributed by atoms with Crippen LogP contribution in [-0.2, 0) is 9.47 Å². The van der Waals surface area contributed by atoms with Gasteiger partial charge in [-0.1, -0.05) is 58.8 Å². The van der Waals surface area contributed by atoms with Crippen LogP contribution < -0.4 is 0 Å². The van der Waals surface area contributed by atoms with E-state index >= 15 is 0 Å². The van der Waals surface area contributed by atoms with Crippen LogP contribution in [0.4, 0.5) is 0 Å².